The van der Waals surface area contributed by atoms with Crippen LogP contribution in [0.1, 0.15) is 11.1 Å². The number of benzene rings is 4. The van der Waals surface area contributed by atoms with Crippen LogP contribution in [-0.4, -0.2) is 26.1 Å². The molecule has 0 bridgehead atoms. The Morgan fingerprint density at radius 3 is 2.10 bits per heavy atom. The standard InChI is InChI=1S/C28H22ClN5O4S/c29-19-6-15-25-24(16-19)26(27(35)34(25)17-18-4-2-1-3-5-18)31-20-7-9-21(10-8-20)32-28(36)33-22-11-13-23(14-12-22)39(30,37)38/h1-16H,17H2,(H2,30,37,38)(H2,32,33,36). The number of anilines is 3. The third-order valence-corrected chi connectivity index (χ3v) is 7.11. The van der Waals surface area contributed by atoms with E-state index in [0.717, 1.165) is 11.3 Å². The normalized spacial score (nSPS) is 13.8. The number of nitrogens with one attached hydrogen (secondary N) is 2. The van der Waals surface area contributed by atoms with Crippen LogP contribution in [0.2, 0.25) is 5.02 Å². The molecule has 9 nitrogen and oxygen atoms in total. The van der Waals surface area contributed by atoms with Crippen molar-refractivity contribution in [2.45, 2.75) is 11.4 Å². The largest absolute Gasteiger partial charge is 0.323 e. The molecule has 39 heavy (non-hydrogen) atoms. The van der Waals surface area contributed by atoms with E-state index in [4.69, 9.17) is 16.7 Å². The Morgan fingerprint density at radius 1 is 0.872 bits per heavy atom. The van der Waals surface area contributed by atoms with E-state index in [0.29, 0.717) is 34.2 Å². The third kappa shape index (κ3) is 5.99. The number of nitrogens with two attached hydrogens (primary N) is 1. The highest BCUT2D eigenvalue weighted by Gasteiger charge is 2.34. The van der Waals surface area contributed by atoms with Crippen molar-refractivity contribution in [2.75, 3.05) is 15.5 Å². The quantitative estimate of drug-likeness (QED) is 0.295. The minimum Gasteiger partial charge on any atom is -0.308 e. The van der Waals surface area contributed by atoms with E-state index >= 15 is 0 Å². The van der Waals surface area contributed by atoms with Crippen LogP contribution >= 0.6 is 11.6 Å². The van der Waals surface area contributed by atoms with Crippen LogP contribution in [0.3, 0.4) is 0 Å². The van der Waals surface area contributed by atoms with Crippen molar-refractivity contribution in [3.63, 3.8) is 0 Å². The fraction of sp³-hybridized carbons (Fsp3) is 0.0357. The molecule has 11 heteroatoms. The van der Waals surface area contributed by atoms with Gasteiger partial charge in [-0.3, -0.25) is 4.79 Å². The number of urea groups is 1. The number of hydrogen-bond acceptors (Lipinski definition) is 5. The second kappa shape index (κ2) is 10.7. The highest BCUT2D eigenvalue weighted by molar-refractivity contribution is 7.89. The molecule has 196 valence electrons. The number of nitrogens with zero attached hydrogens (tertiary/aromatic N) is 2. The molecule has 0 aromatic heterocycles. The Labute approximate surface area is 230 Å². The lowest BCUT2D eigenvalue weighted by atomic mass is 10.1. The number of aliphatic imine (C=N–C) groups is 1. The van der Waals surface area contributed by atoms with Gasteiger partial charge in [0.15, 0.2) is 0 Å². The SMILES string of the molecule is NS(=O)(=O)c1ccc(NC(=O)Nc2ccc(N=C3C(=O)N(Cc4ccccc4)c4ccc(Cl)cc43)cc2)cc1. The fourth-order valence-corrected chi connectivity index (χ4v) is 4.77. The maximum Gasteiger partial charge on any atom is 0.323 e. The van der Waals surface area contributed by atoms with Gasteiger partial charge in [-0.1, -0.05) is 41.9 Å². The molecule has 0 fully saturated rings. The Balaban J connectivity index is 1.31. The highest BCUT2D eigenvalue weighted by Crippen LogP contribution is 2.34. The Kier molecular flexibility index (Phi) is 7.16. The third-order valence-electron chi connectivity index (χ3n) is 5.94. The minimum absolute atomic E-state index is 0.0560. The van der Waals surface area contributed by atoms with Crippen molar-refractivity contribution in [3.05, 3.63) is 113 Å². The summed E-state index contributed by atoms with van der Waals surface area (Å²) in [6.07, 6.45) is 0. The summed E-state index contributed by atoms with van der Waals surface area (Å²) in [5.41, 5.74) is 4.06. The van der Waals surface area contributed by atoms with Gasteiger partial charge in [-0.05, 0) is 72.3 Å². The molecular weight excluding hydrogens is 538 g/mol. The highest BCUT2D eigenvalue weighted by atomic mass is 35.5. The Morgan fingerprint density at radius 2 is 1.49 bits per heavy atom. The second-order valence-corrected chi connectivity index (χ2v) is 10.7. The first-order valence-electron chi connectivity index (χ1n) is 11.7. The van der Waals surface area contributed by atoms with E-state index in [9.17, 15) is 18.0 Å². The molecule has 5 rings (SSSR count). The lowest BCUT2D eigenvalue weighted by molar-refractivity contribution is -0.112. The number of halogens is 1. The van der Waals surface area contributed by atoms with Crippen LogP contribution in [0.25, 0.3) is 0 Å². The fourth-order valence-electron chi connectivity index (χ4n) is 4.09. The van der Waals surface area contributed by atoms with Crippen LogP contribution in [0.4, 0.5) is 27.5 Å². The van der Waals surface area contributed by atoms with Gasteiger partial charge < -0.3 is 15.5 Å². The summed E-state index contributed by atoms with van der Waals surface area (Å²) < 4.78 is 22.7. The molecule has 1 aliphatic rings. The summed E-state index contributed by atoms with van der Waals surface area (Å²) in [5.74, 6) is -0.230. The molecule has 1 heterocycles. The van der Waals surface area contributed by atoms with Gasteiger partial charge in [-0.25, -0.2) is 23.3 Å². The molecule has 0 unspecified atom stereocenters. The molecule has 0 saturated heterocycles. The average molecular weight is 560 g/mol. The zero-order chi connectivity index (χ0) is 27.6. The Hall–Kier alpha value is -4.51. The molecule has 4 aromatic rings. The molecule has 3 amide bonds. The molecule has 1 aliphatic heterocycles. The monoisotopic (exact) mass is 559 g/mol. The van der Waals surface area contributed by atoms with Crippen LogP contribution < -0.4 is 20.7 Å². The van der Waals surface area contributed by atoms with Crippen molar-refractivity contribution in [3.8, 4) is 0 Å². The van der Waals surface area contributed by atoms with Gasteiger partial charge in [0, 0.05) is 22.0 Å². The van der Waals surface area contributed by atoms with Crippen molar-refractivity contribution >= 4 is 62.0 Å². The van der Waals surface area contributed by atoms with Gasteiger partial charge >= 0.3 is 6.03 Å². The molecule has 0 saturated carbocycles. The van der Waals surface area contributed by atoms with Crippen LogP contribution in [-0.2, 0) is 21.4 Å². The van der Waals surface area contributed by atoms with E-state index in [-0.39, 0.29) is 16.5 Å². The number of carbonyl (C=O) groups excluding carboxylic acids is 2. The average Bonchev–Trinajstić information content (AvgIpc) is 3.15. The topological polar surface area (TPSA) is 134 Å². The smallest absolute Gasteiger partial charge is 0.308 e. The number of rotatable bonds is 6. The zero-order valence-corrected chi connectivity index (χ0v) is 21.9. The van der Waals surface area contributed by atoms with Crippen molar-refractivity contribution in [2.24, 2.45) is 10.1 Å². The Bertz CT molecular complexity index is 1690. The van der Waals surface area contributed by atoms with Gasteiger partial charge in [-0.2, -0.15) is 0 Å². The van der Waals surface area contributed by atoms with E-state index in [1.54, 1.807) is 41.3 Å². The summed E-state index contributed by atoms with van der Waals surface area (Å²) in [4.78, 5) is 32.0. The summed E-state index contributed by atoms with van der Waals surface area (Å²) in [5, 5.41) is 10.9. The molecule has 0 aliphatic carbocycles. The maximum atomic E-state index is 13.4. The van der Waals surface area contributed by atoms with Crippen molar-refractivity contribution in [1.29, 1.82) is 0 Å². The predicted octanol–water partition coefficient (Wildman–Crippen LogP) is 5.30. The van der Waals surface area contributed by atoms with Crippen molar-refractivity contribution in [1.82, 2.24) is 0 Å². The molecule has 0 radical (unpaired) electrons. The summed E-state index contributed by atoms with van der Waals surface area (Å²) in [6.45, 7) is 0.399. The van der Waals surface area contributed by atoms with Crippen LogP contribution in [0.5, 0.6) is 0 Å². The molecular formula is C28H22ClN5O4S. The number of primary sulfonamides is 1. The van der Waals surface area contributed by atoms with Gasteiger partial charge in [-0.15, -0.1) is 0 Å². The molecule has 4 N–H and O–H groups in total. The predicted molar refractivity (Wildman–Crippen MR) is 152 cm³/mol. The van der Waals surface area contributed by atoms with Crippen LogP contribution in [0, 0.1) is 0 Å². The molecule has 0 atom stereocenters. The number of fused-ring (bicyclic) bond motifs is 1. The van der Waals surface area contributed by atoms with Gasteiger partial charge in [0.1, 0.15) is 5.71 Å². The second-order valence-electron chi connectivity index (χ2n) is 8.69. The first-order chi connectivity index (χ1) is 18.7. The van der Waals surface area contributed by atoms with Gasteiger partial charge in [0.05, 0.1) is 22.8 Å². The zero-order valence-electron chi connectivity index (χ0n) is 20.3. The molecule has 4 aromatic carbocycles. The van der Waals surface area contributed by atoms with E-state index in [1.807, 2.05) is 36.4 Å². The van der Waals surface area contributed by atoms with Crippen LogP contribution in [0.15, 0.2) is 107 Å². The lowest BCUT2D eigenvalue weighted by Crippen LogP contribution is -2.29. The van der Waals surface area contributed by atoms with E-state index in [1.165, 1.54) is 24.3 Å². The van der Waals surface area contributed by atoms with Gasteiger partial charge in [0.25, 0.3) is 5.91 Å². The summed E-state index contributed by atoms with van der Waals surface area (Å²) >= 11 is 6.24. The van der Waals surface area contributed by atoms with E-state index < -0.39 is 16.1 Å². The molecule has 0 spiro atoms. The number of sulfonamides is 1. The number of hydrogen-bond donors (Lipinski definition) is 3. The maximum absolute atomic E-state index is 13.4. The van der Waals surface area contributed by atoms with E-state index in [2.05, 4.69) is 15.6 Å². The first-order valence-corrected chi connectivity index (χ1v) is 13.7. The van der Waals surface area contributed by atoms with Gasteiger partial charge in [0.2, 0.25) is 10.0 Å². The number of amides is 3. The first kappa shape index (κ1) is 26.1. The lowest BCUT2D eigenvalue weighted by Gasteiger charge is -2.16. The van der Waals surface area contributed by atoms with Crippen molar-refractivity contribution < 1.29 is 18.0 Å². The minimum atomic E-state index is -3.82. The summed E-state index contributed by atoms with van der Waals surface area (Å²) in [7, 11) is -3.82. The summed E-state index contributed by atoms with van der Waals surface area (Å²) in [6, 6.07) is 26.6. The number of carbonyl (C=O) groups is 2.